The van der Waals surface area contributed by atoms with Crippen LogP contribution in [0.15, 0.2) is 36.4 Å². The number of nitrogens with zero attached hydrogens (tertiary/aromatic N) is 1. The third kappa shape index (κ3) is 3.37. The molecule has 0 atom stereocenters. The zero-order chi connectivity index (χ0) is 13.7. The minimum absolute atomic E-state index is 0.672. The molecular formula is C15H19N3O. The third-order valence-electron chi connectivity index (χ3n) is 2.94. The molecule has 3 N–H and O–H groups in total. The van der Waals surface area contributed by atoms with E-state index in [4.69, 9.17) is 10.5 Å². The van der Waals surface area contributed by atoms with Crippen LogP contribution in [0, 0.1) is 6.92 Å². The summed E-state index contributed by atoms with van der Waals surface area (Å²) in [6, 6.07) is 11.8. The van der Waals surface area contributed by atoms with Gasteiger partial charge in [-0.3, -0.25) is 0 Å². The van der Waals surface area contributed by atoms with Crippen LogP contribution in [0.3, 0.4) is 0 Å². The molecule has 4 heteroatoms. The summed E-state index contributed by atoms with van der Waals surface area (Å²) >= 11 is 0. The minimum atomic E-state index is 0.672. The molecule has 2 rings (SSSR count). The molecule has 0 fully saturated rings. The van der Waals surface area contributed by atoms with E-state index < -0.39 is 0 Å². The Labute approximate surface area is 113 Å². The molecule has 0 spiro atoms. The molecular weight excluding hydrogens is 238 g/mol. The number of hydrogen-bond donors (Lipinski definition) is 2. The van der Waals surface area contributed by atoms with E-state index in [1.54, 1.807) is 7.11 Å². The summed E-state index contributed by atoms with van der Waals surface area (Å²) in [5, 5.41) is 3.26. The second-order valence-corrected chi connectivity index (χ2v) is 4.38. The molecule has 0 aliphatic rings. The predicted molar refractivity (Wildman–Crippen MR) is 78.6 cm³/mol. The molecule has 0 radical (unpaired) electrons. The monoisotopic (exact) mass is 257 g/mol. The zero-order valence-corrected chi connectivity index (χ0v) is 11.3. The van der Waals surface area contributed by atoms with Gasteiger partial charge in [0, 0.05) is 12.2 Å². The summed E-state index contributed by atoms with van der Waals surface area (Å²) in [5.41, 5.74) is 8.67. The van der Waals surface area contributed by atoms with Gasteiger partial charge in [-0.2, -0.15) is 0 Å². The number of nitrogens with one attached hydrogen (secondary N) is 1. The van der Waals surface area contributed by atoms with Crippen LogP contribution in [0.25, 0.3) is 0 Å². The lowest BCUT2D eigenvalue weighted by molar-refractivity contribution is 0.410. The van der Waals surface area contributed by atoms with E-state index in [-0.39, 0.29) is 0 Å². The van der Waals surface area contributed by atoms with Gasteiger partial charge in [-0.15, -0.1) is 0 Å². The van der Waals surface area contributed by atoms with Crippen LogP contribution in [0.1, 0.15) is 11.3 Å². The summed E-state index contributed by atoms with van der Waals surface area (Å²) in [7, 11) is 1.69. The first kappa shape index (κ1) is 13.2. The highest BCUT2D eigenvalue weighted by Crippen LogP contribution is 2.19. The van der Waals surface area contributed by atoms with Crippen LogP contribution < -0.4 is 15.8 Å². The molecule has 2 aromatic rings. The van der Waals surface area contributed by atoms with Crippen molar-refractivity contribution in [1.29, 1.82) is 0 Å². The first-order valence-electron chi connectivity index (χ1n) is 6.29. The predicted octanol–water partition coefficient (Wildman–Crippen LogP) is 2.64. The molecule has 0 saturated carbocycles. The number of aromatic nitrogens is 1. The molecule has 1 heterocycles. The van der Waals surface area contributed by atoms with Crippen LogP contribution in [-0.2, 0) is 6.42 Å². The Hall–Kier alpha value is -2.23. The Morgan fingerprint density at radius 2 is 2.00 bits per heavy atom. The second-order valence-electron chi connectivity index (χ2n) is 4.38. The van der Waals surface area contributed by atoms with Crippen LogP contribution in [0.2, 0.25) is 0 Å². The number of aryl methyl sites for hydroxylation is 1. The van der Waals surface area contributed by atoms with Crippen molar-refractivity contribution in [3.05, 3.63) is 47.7 Å². The zero-order valence-electron chi connectivity index (χ0n) is 11.3. The first-order valence-corrected chi connectivity index (χ1v) is 6.29. The number of pyridine rings is 1. The third-order valence-corrected chi connectivity index (χ3v) is 2.94. The van der Waals surface area contributed by atoms with Gasteiger partial charge < -0.3 is 15.8 Å². The lowest BCUT2D eigenvalue weighted by atomic mass is 10.1. The van der Waals surface area contributed by atoms with Crippen molar-refractivity contribution in [3.8, 4) is 5.75 Å². The molecule has 1 aromatic heterocycles. The van der Waals surface area contributed by atoms with Gasteiger partial charge in [-0.25, -0.2) is 4.98 Å². The summed E-state index contributed by atoms with van der Waals surface area (Å²) in [6.07, 6.45) is 0.860. The van der Waals surface area contributed by atoms with Gasteiger partial charge in [0.2, 0.25) is 0 Å². The number of methoxy groups -OCH3 is 1. The highest BCUT2D eigenvalue weighted by atomic mass is 16.5. The van der Waals surface area contributed by atoms with E-state index in [1.807, 2.05) is 37.3 Å². The molecule has 0 aliphatic carbocycles. The fraction of sp³-hybridized carbons (Fsp3) is 0.267. The molecule has 19 heavy (non-hydrogen) atoms. The fourth-order valence-corrected chi connectivity index (χ4v) is 1.93. The highest BCUT2D eigenvalue weighted by molar-refractivity contribution is 5.61. The van der Waals surface area contributed by atoms with E-state index >= 15 is 0 Å². The van der Waals surface area contributed by atoms with E-state index in [2.05, 4.69) is 16.4 Å². The van der Waals surface area contributed by atoms with Crippen molar-refractivity contribution in [2.45, 2.75) is 13.3 Å². The molecule has 0 aliphatic heterocycles. The van der Waals surface area contributed by atoms with Gasteiger partial charge in [0.1, 0.15) is 11.6 Å². The van der Waals surface area contributed by atoms with Crippen molar-refractivity contribution in [3.63, 3.8) is 0 Å². The number of anilines is 2. The Bertz CT molecular complexity index is 555. The molecule has 4 nitrogen and oxygen atoms in total. The molecule has 0 bridgehead atoms. The van der Waals surface area contributed by atoms with Gasteiger partial charge in [0.25, 0.3) is 0 Å². The standard InChI is InChI=1S/C15H19N3O/c1-11-7-8-13(16)15(18-11)17-10-9-12-5-3-4-6-14(12)19-2/h3-8H,9-10,16H2,1-2H3,(H,17,18). The molecule has 0 unspecified atom stereocenters. The lowest BCUT2D eigenvalue weighted by Crippen LogP contribution is -2.09. The molecule has 1 aromatic carbocycles. The van der Waals surface area contributed by atoms with Gasteiger partial charge >= 0.3 is 0 Å². The quantitative estimate of drug-likeness (QED) is 0.864. The van der Waals surface area contributed by atoms with Crippen LogP contribution in [-0.4, -0.2) is 18.6 Å². The topological polar surface area (TPSA) is 60.2 Å². The Morgan fingerprint density at radius 3 is 2.79 bits per heavy atom. The summed E-state index contributed by atoms with van der Waals surface area (Å²) < 4.78 is 5.32. The van der Waals surface area contributed by atoms with Crippen molar-refractivity contribution in [1.82, 2.24) is 4.98 Å². The van der Waals surface area contributed by atoms with Crippen LogP contribution in [0.4, 0.5) is 11.5 Å². The first-order chi connectivity index (χ1) is 9.20. The number of ether oxygens (including phenoxy) is 1. The normalized spacial score (nSPS) is 10.2. The Kier molecular flexibility index (Phi) is 4.23. The smallest absolute Gasteiger partial charge is 0.149 e. The maximum atomic E-state index is 5.88. The largest absolute Gasteiger partial charge is 0.496 e. The van der Waals surface area contributed by atoms with E-state index in [1.165, 1.54) is 5.56 Å². The van der Waals surface area contributed by atoms with E-state index in [0.717, 1.165) is 30.2 Å². The van der Waals surface area contributed by atoms with Crippen molar-refractivity contribution in [2.75, 3.05) is 24.7 Å². The molecule has 100 valence electrons. The van der Waals surface area contributed by atoms with Gasteiger partial charge in [-0.1, -0.05) is 18.2 Å². The number of nitrogen functional groups attached to an aromatic ring is 1. The fourth-order valence-electron chi connectivity index (χ4n) is 1.93. The maximum absolute atomic E-state index is 5.88. The van der Waals surface area contributed by atoms with Crippen molar-refractivity contribution < 1.29 is 4.74 Å². The van der Waals surface area contributed by atoms with Crippen molar-refractivity contribution in [2.24, 2.45) is 0 Å². The number of hydrogen-bond acceptors (Lipinski definition) is 4. The van der Waals surface area contributed by atoms with Crippen LogP contribution in [0.5, 0.6) is 5.75 Å². The molecule has 0 saturated heterocycles. The summed E-state index contributed by atoms with van der Waals surface area (Å²) in [4.78, 5) is 4.38. The average Bonchev–Trinajstić information content (AvgIpc) is 2.43. The van der Waals surface area contributed by atoms with Gasteiger partial charge in [-0.05, 0) is 37.1 Å². The van der Waals surface area contributed by atoms with E-state index in [0.29, 0.717) is 5.69 Å². The Morgan fingerprint density at radius 1 is 1.21 bits per heavy atom. The van der Waals surface area contributed by atoms with E-state index in [9.17, 15) is 0 Å². The van der Waals surface area contributed by atoms with Crippen molar-refractivity contribution >= 4 is 11.5 Å². The summed E-state index contributed by atoms with van der Waals surface area (Å²) in [5.74, 6) is 1.66. The average molecular weight is 257 g/mol. The number of nitrogens with two attached hydrogens (primary N) is 1. The SMILES string of the molecule is COc1ccccc1CCNc1nc(C)ccc1N. The second kappa shape index (κ2) is 6.09. The van der Waals surface area contributed by atoms with Gasteiger partial charge in [0.15, 0.2) is 0 Å². The highest BCUT2D eigenvalue weighted by Gasteiger charge is 2.03. The minimum Gasteiger partial charge on any atom is -0.496 e. The maximum Gasteiger partial charge on any atom is 0.149 e. The van der Waals surface area contributed by atoms with Crippen LogP contribution >= 0.6 is 0 Å². The van der Waals surface area contributed by atoms with Gasteiger partial charge in [0.05, 0.1) is 12.8 Å². The number of rotatable bonds is 5. The number of benzene rings is 1. The molecule has 0 amide bonds. The lowest BCUT2D eigenvalue weighted by Gasteiger charge is -2.11. The summed E-state index contributed by atoms with van der Waals surface area (Å²) in [6.45, 7) is 2.71. The number of para-hydroxylation sites is 1. The Balaban J connectivity index is 1.98.